The Morgan fingerprint density at radius 2 is 1.83 bits per heavy atom. The molecule has 2 rings (SSSR count). The number of nitrogens with one attached hydrogen (secondary N) is 1. The molecule has 1 aromatic rings. The average Bonchev–Trinajstić information content (AvgIpc) is 2.50. The maximum absolute atomic E-state index is 5.62. The minimum atomic E-state index is 0.199. The lowest BCUT2D eigenvalue weighted by Crippen LogP contribution is -2.18. The fraction of sp³-hybridized carbons (Fsp3) is 0.714. The van der Waals surface area contributed by atoms with Crippen molar-refractivity contribution in [3.8, 4) is 0 Å². The molecule has 4 nitrogen and oxygen atoms in total. The molecule has 100 valence electrons. The van der Waals surface area contributed by atoms with E-state index in [0.717, 1.165) is 30.9 Å². The molecular weight excluding hydrogens is 224 g/mol. The van der Waals surface area contributed by atoms with Crippen molar-refractivity contribution >= 4 is 5.82 Å². The maximum Gasteiger partial charge on any atom is 0.147 e. The quantitative estimate of drug-likeness (QED) is 0.480. The van der Waals surface area contributed by atoms with Gasteiger partial charge in [-0.15, -0.1) is 0 Å². The van der Waals surface area contributed by atoms with Gasteiger partial charge in [-0.1, -0.05) is 27.2 Å². The number of nitrogens with two attached hydrogens (primary N) is 1. The topological polar surface area (TPSA) is 63.8 Å². The summed E-state index contributed by atoms with van der Waals surface area (Å²) in [6, 6.07) is 0. The van der Waals surface area contributed by atoms with Gasteiger partial charge >= 0.3 is 0 Å². The van der Waals surface area contributed by atoms with Crippen LogP contribution in [0.4, 0.5) is 5.82 Å². The summed E-state index contributed by atoms with van der Waals surface area (Å²) < 4.78 is 0. The molecule has 1 aliphatic carbocycles. The number of aryl methyl sites for hydroxylation is 1. The Labute approximate surface area is 109 Å². The van der Waals surface area contributed by atoms with Gasteiger partial charge in [0.1, 0.15) is 11.6 Å². The molecule has 0 amide bonds. The normalized spacial score (nSPS) is 16.0. The van der Waals surface area contributed by atoms with Crippen LogP contribution in [0.2, 0.25) is 0 Å². The summed E-state index contributed by atoms with van der Waals surface area (Å²) in [4.78, 5) is 9.34. The van der Waals surface area contributed by atoms with Gasteiger partial charge in [-0.25, -0.2) is 15.8 Å². The third-order valence-corrected chi connectivity index (χ3v) is 3.30. The smallest absolute Gasteiger partial charge is 0.147 e. The standard InChI is InChI=1S/C14H24N4/c1-14(2,3)9-12-16-11-8-6-4-5-7-10(11)13(17-12)18-15/h4-9,15H2,1-3H3,(H,16,17,18). The van der Waals surface area contributed by atoms with E-state index < -0.39 is 0 Å². The van der Waals surface area contributed by atoms with Gasteiger partial charge in [0.2, 0.25) is 0 Å². The van der Waals surface area contributed by atoms with Crippen LogP contribution in [-0.4, -0.2) is 9.97 Å². The fourth-order valence-corrected chi connectivity index (χ4v) is 2.49. The van der Waals surface area contributed by atoms with E-state index in [9.17, 15) is 0 Å². The number of anilines is 1. The lowest BCUT2D eigenvalue weighted by atomic mass is 9.92. The van der Waals surface area contributed by atoms with Gasteiger partial charge in [0.05, 0.1) is 0 Å². The molecule has 1 aromatic heterocycles. The van der Waals surface area contributed by atoms with E-state index in [0.29, 0.717) is 0 Å². The molecule has 0 fully saturated rings. The summed E-state index contributed by atoms with van der Waals surface area (Å²) in [5.74, 6) is 7.36. The Hall–Kier alpha value is -1.16. The second-order valence-electron chi connectivity index (χ2n) is 6.36. The molecule has 0 saturated carbocycles. The second kappa shape index (κ2) is 5.22. The molecule has 0 spiro atoms. The Morgan fingerprint density at radius 3 is 2.50 bits per heavy atom. The molecule has 0 aromatic carbocycles. The van der Waals surface area contributed by atoms with E-state index in [2.05, 4.69) is 31.2 Å². The van der Waals surface area contributed by atoms with Gasteiger partial charge in [0.15, 0.2) is 0 Å². The summed E-state index contributed by atoms with van der Waals surface area (Å²) >= 11 is 0. The minimum Gasteiger partial charge on any atom is -0.308 e. The van der Waals surface area contributed by atoms with Crippen LogP contribution in [0.15, 0.2) is 0 Å². The van der Waals surface area contributed by atoms with E-state index in [1.807, 2.05) is 0 Å². The Balaban J connectivity index is 2.37. The van der Waals surface area contributed by atoms with Crippen LogP contribution in [0.3, 0.4) is 0 Å². The first-order valence-corrected chi connectivity index (χ1v) is 6.85. The molecule has 3 N–H and O–H groups in total. The molecule has 0 bridgehead atoms. The first-order chi connectivity index (χ1) is 8.49. The third-order valence-electron chi connectivity index (χ3n) is 3.30. The number of aromatic nitrogens is 2. The number of nitrogen functional groups attached to an aromatic ring is 1. The molecule has 1 heterocycles. The highest BCUT2D eigenvalue weighted by Crippen LogP contribution is 2.26. The van der Waals surface area contributed by atoms with Crippen LogP contribution < -0.4 is 11.3 Å². The minimum absolute atomic E-state index is 0.199. The predicted octanol–water partition coefficient (Wildman–Crippen LogP) is 2.62. The molecule has 0 atom stereocenters. The molecule has 4 heteroatoms. The highest BCUT2D eigenvalue weighted by Gasteiger charge is 2.19. The SMILES string of the molecule is CC(C)(C)Cc1nc2c(c(NN)n1)CCCCC2. The summed E-state index contributed by atoms with van der Waals surface area (Å²) in [7, 11) is 0. The zero-order valence-corrected chi connectivity index (χ0v) is 11.7. The summed E-state index contributed by atoms with van der Waals surface area (Å²) in [5, 5.41) is 0. The van der Waals surface area contributed by atoms with E-state index >= 15 is 0 Å². The van der Waals surface area contributed by atoms with E-state index in [4.69, 9.17) is 10.8 Å². The number of hydrogen-bond acceptors (Lipinski definition) is 4. The van der Waals surface area contributed by atoms with Crippen molar-refractivity contribution < 1.29 is 0 Å². The van der Waals surface area contributed by atoms with Crippen LogP contribution in [0.5, 0.6) is 0 Å². The zero-order chi connectivity index (χ0) is 13.2. The van der Waals surface area contributed by atoms with Crippen molar-refractivity contribution in [1.29, 1.82) is 0 Å². The largest absolute Gasteiger partial charge is 0.308 e. The van der Waals surface area contributed by atoms with Gasteiger partial charge in [-0.2, -0.15) is 0 Å². The van der Waals surface area contributed by atoms with Gasteiger partial charge in [0.25, 0.3) is 0 Å². The molecule has 0 radical (unpaired) electrons. The average molecular weight is 248 g/mol. The predicted molar refractivity (Wildman–Crippen MR) is 74.3 cm³/mol. The molecular formula is C14H24N4. The molecule has 0 saturated heterocycles. The van der Waals surface area contributed by atoms with Crippen molar-refractivity contribution in [1.82, 2.24) is 9.97 Å². The first kappa shape index (κ1) is 13.3. The summed E-state index contributed by atoms with van der Waals surface area (Å²) in [6.07, 6.45) is 6.70. The van der Waals surface area contributed by atoms with Gasteiger partial charge in [-0.3, -0.25) is 0 Å². The molecule has 18 heavy (non-hydrogen) atoms. The second-order valence-corrected chi connectivity index (χ2v) is 6.36. The van der Waals surface area contributed by atoms with Gasteiger partial charge < -0.3 is 5.43 Å². The summed E-state index contributed by atoms with van der Waals surface area (Å²) in [6.45, 7) is 6.62. The Bertz CT molecular complexity index is 421. The first-order valence-electron chi connectivity index (χ1n) is 6.85. The molecule has 0 aliphatic heterocycles. The van der Waals surface area contributed by atoms with E-state index in [-0.39, 0.29) is 5.41 Å². The lowest BCUT2D eigenvalue weighted by Gasteiger charge is -2.19. The fourth-order valence-electron chi connectivity index (χ4n) is 2.49. The molecule has 1 aliphatic rings. The third kappa shape index (κ3) is 3.19. The monoisotopic (exact) mass is 248 g/mol. The van der Waals surface area contributed by atoms with Crippen molar-refractivity contribution in [2.45, 2.75) is 59.3 Å². The van der Waals surface area contributed by atoms with E-state index in [1.54, 1.807) is 0 Å². The number of rotatable bonds is 2. The highest BCUT2D eigenvalue weighted by molar-refractivity contribution is 5.46. The van der Waals surface area contributed by atoms with Crippen LogP contribution in [0.25, 0.3) is 0 Å². The van der Waals surface area contributed by atoms with Gasteiger partial charge in [0, 0.05) is 17.7 Å². The van der Waals surface area contributed by atoms with E-state index in [1.165, 1.54) is 30.5 Å². The van der Waals surface area contributed by atoms with Crippen molar-refractivity contribution in [3.05, 3.63) is 17.1 Å². The number of nitrogens with zero attached hydrogens (tertiary/aromatic N) is 2. The van der Waals surface area contributed by atoms with Crippen LogP contribution in [0.1, 0.15) is 57.1 Å². The number of fused-ring (bicyclic) bond motifs is 1. The Kier molecular flexibility index (Phi) is 3.85. The molecule has 0 unspecified atom stereocenters. The van der Waals surface area contributed by atoms with Crippen molar-refractivity contribution in [3.63, 3.8) is 0 Å². The van der Waals surface area contributed by atoms with Gasteiger partial charge in [-0.05, 0) is 31.1 Å². The Morgan fingerprint density at radius 1 is 1.11 bits per heavy atom. The van der Waals surface area contributed by atoms with Crippen molar-refractivity contribution in [2.24, 2.45) is 11.3 Å². The highest BCUT2D eigenvalue weighted by atomic mass is 15.3. The van der Waals surface area contributed by atoms with Crippen molar-refractivity contribution in [2.75, 3.05) is 5.43 Å². The zero-order valence-electron chi connectivity index (χ0n) is 11.7. The lowest BCUT2D eigenvalue weighted by molar-refractivity contribution is 0.400. The van der Waals surface area contributed by atoms with Crippen LogP contribution >= 0.6 is 0 Å². The number of hydrazine groups is 1. The number of hydrogen-bond donors (Lipinski definition) is 2. The van der Waals surface area contributed by atoms with Crippen LogP contribution in [0, 0.1) is 5.41 Å². The maximum atomic E-state index is 5.62. The van der Waals surface area contributed by atoms with Crippen LogP contribution in [-0.2, 0) is 19.3 Å². The summed E-state index contributed by atoms with van der Waals surface area (Å²) in [5.41, 5.74) is 5.39.